The third kappa shape index (κ3) is 6.03. The highest BCUT2D eigenvalue weighted by Gasteiger charge is 2.38. The molecule has 48 heavy (non-hydrogen) atoms. The van der Waals surface area contributed by atoms with Gasteiger partial charge in [0.1, 0.15) is 7.21 Å². The third-order valence-electron chi connectivity index (χ3n) is 8.35. The molecular weight excluding hydrogens is 641 g/mol. The first-order valence-corrected chi connectivity index (χ1v) is 21.0. The fraction of sp³-hybridized carbons (Fsp3) is 0. The lowest BCUT2D eigenvalue weighted by Crippen LogP contribution is -2.27. The molecular formula is C42H35N2OP3. The normalized spacial score (nSPS) is 11.8. The van der Waals surface area contributed by atoms with E-state index in [-0.39, 0.29) is 0 Å². The quantitative estimate of drug-likeness (QED) is 0.141. The Labute approximate surface area is 283 Å². The van der Waals surface area contributed by atoms with Crippen LogP contribution in [0.5, 0.6) is 0 Å². The molecule has 0 aliphatic carbocycles. The predicted molar refractivity (Wildman–Crippen MR) is 209 cm³/mol. The van der Waals surface area contributed by atoms with E-state index in [4.69, 9.17) is 9.03 Å². The van der Waals surface area contributed by atoms with Crippen LogP contribution in [0.25, 0.3) is 0 Å². The molecule has 7 aromatic rings. The zero-order valence-corrected chi connectivity index (χ0v) is 29.0. The Kier molecular flexibility index (Phi) is 9.38. The van der Waals surface area contributed by atoms with Crippen molar-refractivity contribution in [2.75, 3.05) is 0 Å². The smallest absolute Gasteiger partial charge is 0.248 e. The van der Waals surface area contributed by atoms with Crippen molar-refractivity contribution in [3.8, 4) is 0 Å². The second kappa shape index (κ2) is 14.1. The van der Waals surface area contributed by atoms with Gasteiger partial charge in [-0.05, 0) is 24.3 Å². The number of nitrogens with zero attached hydrogens (tertiary/aromatic N) is 2. The minimum atomic E-state index is -3.64. The molecule has 0 bridgehead atoms. The molecule has 6 heteroatoms. The molecule has 0 saturated heterocycles. The molecule has 234 valence electrons. The Morgan fingerprint density at radius 1 is 0.271 bits per heavy atom. The SMILES string of the molecule is O=P(N=P(N=P(c1ccccc1)(c1ccccc1)c1ccccc1)(c1ccccc1)c1ccccc1)(c1ccccc1)c1ccccc1. The summed E-state index contributed by atoms with van der Waals surface area (Å²) in [5.41, 5.74) is 0. The van der Waals surface area contributed by atoms with Crippen molar-refractivity contribution in [2.24, 2.45) is 9.03 Å². The van der Waals surface area contributed by atoms with Gasteiger partial charge in [-0.25, -0.2) is 9.03 Å². The monoisotopic (exact) mass is 676 g/mol. The van der Waals surface area contributed by atoms with Crippen LogP contribution >= 0.6 is 21.6 Å². The topological polar surface area (TPSA) is 41.8 Å². The van der Waals surface area contributed by atoms with Gasteiger partial charge in [0.25, 0.3) is 0 Å². The summed E-state index contributed by atoms with van der Waals surface area (Å²) in [5, 5.41) is 6.62. The molecule has 3 nitrogen and oxygen atoms in total. The summed E-state index contributed by atoms with van der Waals surface area (Å²) in [5.74, 6) is 0. The van der Waals surface area contributed by atoms with Crippen LogP contribution in [0.2, 0.25) is 0 Å². The maximum atomic E-state index is 16.1. The Bertz CT molecular complexity index is 2060. The number of hydrogen-bond acceptors (Lipinski definition) is 1. The second-order valence-corrected chi connectivity index (χ2v) is 20.0. The van der Waals surface area contributed by atoms with E-state index in [0.29, 0.717) is 10.6 Å². The fourth-order valence-corrected chi connectivity index (χ4v) is 18.9. The fourth-order valence-electron chi connectivity index (χ4n) is 6.07. The van der Waals surface area contributed by atoms with Crippen molar-refractivity contribution in [1.82, 2.24) is 0 Å². The van der Waals surface area contributed by atoms with Gasteiger partial charge in [-0.3, -0.25) is 4.57 Å². The van der Waals surface area contributed by atoms with Crippen molar-refractivity contribution in [3.63, 3.8) is 0 Å². The van der Waals surface area contributed by atoms with Gasteiger partial charge in [-0.15, -0.1) is 0 Å². The summed E-state index contributed by atoms with van der Waals surface area (Å²) in [7, 11) is -9.69. The first kappa shape index (κ1) is 31.8. The van der Waals surface area contributed by atoms with Crippen LogP contribution in [-0.4, -0.2) is 0 Å². The van der Waals surface area contributed by atoms with Crippen molar-refractivity contribution in [3.05, 3.63) is 212 Å². The van der Waals surface area contributed by atoms with Crippen LogP contribution in [0.4, 0.5) is 0 Å². The standard InChI is InChI=1S/C42H35N2OP3/c45-48(41-32-18-6-19-33-41,42-34-20-7-21-35-42)44-47(39-28-14-4-15-29-39,40-30-16-5-17-31-40)43-46(36-22-8-1-9-23-36,37-24-10-2-11-25-37)38-26-12-3-13-27-38/h1-35H. The van der Waals surface area contributed by atoms with Crippen molar-refractivity contribution >= 4 is 58.7 Å². The van der Waals surface area contributed by atoms with Crippen LogP contribution < -0.4 is 37.1 Å². The van der Waals surface area contributed by atoms with Crippen LogP contribution in [-0.2, 0) is 4.57 Å². The minimum absolute atomic E-state index is 0.686. The maximum absolute atomic E-state index is 16.1. The van der Waals surface area contributed by atoms with Gasteiger partial charge >= 0.3 is 0 Å². The van der Waals surface area contributed by atoms with E-state index in [2.05, 4.69) is 97.1 Å². The molecule has 0 spiro atoms. The number of benzene rings is 7. The molecule has 0 heterocycles. The van der Waals surface area contributed by atoms with E-state index < -0.39 is 21.6 Å². The van der Waals surface area contributed by atoms with Gasteiger partial charge < -0.3 is 0 Å². The van der Waals surface area contributed by atoms with Crippen molar-refractivity contribution in [1.29, 1.82) is 0 Å². The van der Waals surface area contributed by atoms with Gasteiger partial charge in [-0.2, -0.15) is 0 Å². The van der Waals surface area contributed by atoms with Gasteiger partial charge in [-0.1, -0.05) is 188 Å². The van der Waals surface area contributed by atoms with E-state index in [1.54, 1.807) is 0 Å². The van der Waals surface area contributed by atoms with E-state index >= 15 is 4.57 Å². The zero-order valence-electron chi connectivity index (χ0n) is 26.4. The van der Waals surface area contributed by atoms with Crippen LogP contribution in [0, 0.1) is 0 Å². The summed E-state index contributed by atoms with van der Waals surface area (Å²) in [6, 6.07) is 71.9. The van der Waals surface area contributed by atoms with Crippen molar-refractivity contribution < 1.29 is 4.57 Å². The minimum Gasteiger partial charge on any atom is -0.288 e. The van der Waals surface area contributed by atoms with Gasteiger partial charge in [0, 0.05) is 37.1 Å². The Morgan fingerprint density at radius 2 is 0.500 bits per heavy atom. The molecule has 0 radical (unpaired) electrons. The van der Waals surface area contributed by atoms with Crippen LogP contribution in [0.1, 0.15) is 0 Å². The molecule has 0 amide bonds. The first-order chi connectivity index (χ1) is 23.7. The Morgan fingerprint density at radius 3 is 0.771 bits per heavy atom. The number of rotatable bonds is 9. The summed E-state index contributed by atoms with van der Waals surface area (Å²) < 4.78 is 28.2. The van der Waals surface area contributed by atoms with E-state index in [1.807, 2.05) is 115 Å². The zero-order chi connectivity index (χ0) is 32.7. The first-order valence-electron chi connectivity index (χ1n) is 15.9. The van der Waals surface area contributed by atoms with Crippen LogP contribution in [0.15, 0.2) is 221 Å². The van der Waals surface area contributed by atoms with E-state index in [9.17, 15) is 0 Å². The Balaban J connectivity index is 1.78. The predicted octanol–water partition coefficient (Wildman–Crippen LogP) is 8.86. The molecule has 0 aromatic heterocycles. The lowest BCUT2D eigenvalue weighted by atomic mass is 10.4. The molecule has 7 aromatic carbocycles. The van der Waals surface area contributed by atoms with E-state index in [0.717, 1.165) is 26.5 Å². The van der Waals surface area contributed by atoms with Gasteiger partial charge in [0.15, 0.2) is 0 Å². The lowest BCUT2D eigenvalue weighted by Gasteiger charge is -2.33. The van der Waals surface area contributed by atoms with Gasteiger partial charge in [0.05, 0.1) is 7.05 Å². The Hall–Kier alpha value is -4.77. The molecule has 0 fully saturated rings. The highest BCUT2D eigenvalue weighted by atomic mass is 31.2. The highest BCUT2D eigenvalue weighted by molar-refractivity contribution is 7.96. The molecule has 0 saturated carbocycles. The largest absolute Gasteiger partial charge is 0.288 e. The van der Waals surface area contributed by atoms with Crippen LogP contribution in [0.3, 0.4) is 0 Å². The molecule has 0 N–H and O–H groups in total. The maximum Gasteiger partial charge on any atom is 0.248 e. The lowest BCUT2D eigenvalue weighted by molar-refractivity contribution is 0.588. The molecule has 0 atom stereocenters. The summed E-state index contributed by atoms with van der Waals surface area (Å²) in [6.45, 7) is 0. The molecule has 0 aliphatic rings. The summed E-state index contributed by atoms with van der Waals surface area (Å²) >= 11 is 0. The summed E-state index contributed by atoms with van der Waals surface area (Å²) in [4.78, 5) is 0. The second-order valence-electron chi connectivity index (χ2n) is 11.3. The van der Waals surface area contributed by atoms with Crippen molar-refractivity contribution in [2.45, 2.75) is 0 Å². The third-order valence-corrected chi connectivity index (χ3v) is 19.7. The highest BCUT2D eigenvalue weighted by Crippen LogP contribution is 2.66. The molecule has 7 rings (SSSR count). The van der Waals surface area contributed by atoms with E-state index in [1.165, 1.54) is 0 Å². The average Bonchev–Trinajstić information content (AvgIpc) is 3.19. The average molecular weight is 677 g/mol. The molecule has 0 unspecified atom stereocenters. The summed E-state index contributed by atoms with van der Waals surface area (Å²) in [6.07, 6.45) is 0. The van der Waals surface area contributed by atoms with Gasteiger partial charge in [0.2, 0.25) is 7.29 Å². The number of hydrogen-bond donors (Lipinski definition) is 0. The molecule has 0 aliphatic heterocycles.